The van der Waals surface area contributed by atoms with Crippen molar-refractivity contribution in [2.45, 2.75) is 108 Å². The minimum Gasteiger partial charge on any atom is -0.479 e. The fraction of sp³-hybridized carbons (Fsp3) is 0.613. The molecule has 4 amide bonds. The number of hydrogen-bond donors (Lipinski definition) is 4. The maximum Gasteiger partial charge on any atom is 0.408 e. The number of aromatic nitrogens is 1. The van der Waals surface area contributed by atoms with E-state index in [-0.39, 0.29) is 25.8 Å². The standard InChI is InChI=1S/C31H42FN5O8/c1-18(22-13-12-20(32)16-33-22)34-28(42)44-21-14-24-25(38)36-31(27(40)41)15-19(31)10-8-6-5-7-9-11-23(26(39)37(24)17-21)35-29(43)45-30(2,3)4/h8,10,12-13,16,18-19,21,23-24H,5-7,9,11,14-15,17H2,1-4H3,(H,34,42)(H,35,43)(H,36,38)(H,40,41)/b10-8-/t18-,19+,21+,23-,24?,31+/m0/s1. The van der Waals surface area contributed by atoms with Gasteiger partial charge in [0.25, 0.3) is 0 Å². The molecular weight excluding hydrogens is 589 g/mol. The highest BCUT2D eigenvalue weighted by molar-refractivity contribution is 5.96. The van der Waals surface area contributed by atoms with E-state index in [1.165, 1.54) is 17.0 Å². The molecular formula is C31H42FN5O8. The summed E-state index contributed by atoms with van der Waals surface area (Å²) >= 11 is 0. The van der Waals surface area contributed by atoms with Crippen LogP contribution < -0.4 is 16.0 Å². The second-order valence-corrected chi connectivity index (χ2v) is 12.9. The number of hydrogen-bond acceptors (Lipinski definition) is 8. The number of pyridine rings is 1. The van der Waals surface area contributed by atoms with Crippen LogP contribution in [0.15, 0.2) is 30.5 Å². The van der Waals surface area contributed by atoms with E-state index in [9.17, 15) is 33.5 Å². The first-order valence-electron chi connectivity index (χ1n) is 15.3. The van der Waals surface area contributed by atoms with Crippen molar-refractivity contribution in [3.05, 3.63) is 42.0 Å². The van der Waals surface area contributed by atoms with Crippen molar-refractivity contribution in [1.29, 1.82) is 0 Å². The number of aliphatic carboxylic acids is 1. The predicted octanol–water partition coefficient (Wildman–Crippen LogP) is 3.35. The number of halogens is 1. The molecule has 1 saturated carbocycles. The fourth-order valence-electron chi connectivity index (χ4n) is 5.68. The van der Waals surface area contributed by atoms with Gasteiger partial charge in [-0.25, -0.2) is 18.8 Å². The Kier molecular flexibility index (Phi) is 10.3. The van der Waals surface area contributed by atoms with Crippen molar-refractivity contribution >= 4 is 30.0 Å². The minimum absolute atomic E-state index is 0.0937. The average Bonchev–Trinajstić information content (AvgIpc) is 3.48. The summed E-state index contributed by atoms with van der Waals surface area (Å²) in [6.45, 7) is 6.56. The largest absolute Gasteiger partial charge is 0.479 e. The Morgan fingerprint density at radius 2 is 1.93 bits per heavy atom. The van der Waals surface area contributed by atoms with Crippen LogP contribution in [0.1, 0.15) is 84.4 Å². The number of carboxylic acids is 1. The summed E-state index contributed by atoms with van der Waals surface area (Å²) in [5.41, 5.74) is -1.91. The van der Waals surface area contributed by atoms with E-state index in [1.807, 2.05) is 12.2 Å². The lowest BCUT2D eigenvalue weighted by atomic mass is 10.0. The lowest BCUT2D eigenvalue weighted by molar-refractivity contribution is -0.145. The molecule has 1 aliphatic carbocycles. The van der Waals surface area contributed by atoms with Gasteiger partial charge in [-0.3, -0.25) is 14.6 Å². The molecule has 3 heterocycles. The zero-order valence-corrected chi connectivity index (χ0v) is 26.0. The number of nitrogens with zero attached hydrogens (tertiary/aromatic N) is 2. The van der Waals surface area contributed by atoms with E-state index in [4.69, 9.17) is 9.47 Å². The quantitative estimate of drug-likeness (QED) is 0.355. The predicted molar refractivity (Wildman–Crippen MR) is 158 cm³/mol. The maximum absolute atomic E-state index is 14.0. The molecule has 2 fully saturated rings. The average molecular weight is 632 g/mol. The van der Waals surface area contributed by atoms with E-state index >= 15 is 0 Å². The molecule has 1 unspecified atom stereocenters. The van der Waals surface area contributed by atoms with Gasteiger partial charge in [-0.15, -0.1) is 0 Å². The molecule has 246 valence electrons. The number of carbonyl (C=O) groups is 5. The highest BCUT2D eigenvalue weighted by Crippen LogP contribution is 2.45. The summed E-state index contributed by atoms with van der Waals surface area (Å²) in [4.78, 5) is 70.6. The molecule has 3 aliphatic rings. The molecule has 0 radical (unpaired) electrons. The Labute approximate surface area is 261 Å². The number of fused-ring (bicyclic) bond motifs is 2. The first-order valence-corrected chi connectivity index (χ1v) is 15.3. The third-order valence-electron chi connectivity index (χ3n) is 8.11. The molecule has 0 aromatic carbocycles. The van der Waals surface area contributed by atoms with Gasteiger partial charge in [0.15, 0.2) is 0 Å². The highest BCUT2D eigenvalue weighted by atomic mass is 19.1. The van der Waals surface area contributed by atoms with Crippen LogP contribution in [-0.4, -0.2) is 80.8 Å². The number of ether oxygens (including phenoxy) is 2. The monoisotopic (exact) mass is 631 g/mol. The molecule has 1 saturated heterocycles. The van der Waals surface area contributed by atoms with Crippen molar-refractivity contribution in [1.82, 2.24) is 25.8 Å². The van der Waals surface area contributed by atoms with Crippen molar-refractivity contribution in [3.63, 3.8) is 0 Å². The van der Waals surface area contributed by atoms with Gasteiger partial charge in [0.05, 0.1) is 24.5 Å². The van der Waals surface area contributed by atoms with E-state index in [1.54, 1.807) is 27.7 Å². The lowest BCUT2D eigenvalue weighted by Crippen LogP contribution is -2.56. The van der Waals surface area contributed by atoms with Crippen LogP contribution in [0.2, 0.25) is 0 Å². The molecule has 4 N–H and O–H groups in total. The van der Waals surface area contributed by atoms with Gasteiger partial charge in [-0.1, -0.05) is 25.0 Å². The molecule has 14 heteroatoms. The van der Waals surface area contributed by atoms with Crippen LogP contribution in [0, 0.1) is 11.7 Å². The Morgan fingerprint density at radius 3 is 2.60 bits per heavy atom. The molecule has 13 nitrogen and oxygen atoms in total. The van der Waals surface area contributed by atoms with Gasteiger partial charge in [0, 0.05) is 12.3 Å². The molecule has 2 aliphatic heterocycles. The lowest BCUT2D eigenvalue weighted by Gasteiger charge is -2.30. The number of carboxylic acid groups (broad SMARTS) is 1. The van der Waals surface area contributed by atoms with Gasteiger partial charge in [-0.2, -0.15) is 0 Å². The van der Waals surface area contributed by atoms with Gasteiger partial charge >= 0.3 is 18.2 Å². The van der Waals surface area contributed by atoms with Crippen molar-refractivity contribution in [2.24, 2.45) is 5.92 Å². The second kappa shape index (κ2) is 13.8. The first kappa shape index (κ1) is 33.7. The van der Waals surface area contributed by atoms with Gasteiger partial charge < -0.3 is 35.4 Å². The topological polar surface area (TPSA) is 176 Å². The van der Waals surface area contributed by atoms with Crippen LogP contribution >= 0.6 is 0 Å². The van der Waals surface area contributed by atoms with Crippen LogP contribution in [0.4, 0.5) is 14.0 Å². The van der Waals surface area contributed by atoms with E-state index in [0.717, 1.165) is 19.0 Å². The number of carbonyl (C=O) groups excluding carboxylic acids is 4. The number of nitrogens with one attached hydrogen (secondary N) is 3. The zero-order chi connectivity index (χ0) is 32.9. The van der Waals surface area contributed by atoms with E-state index in [0.29, 0.717) is 18.5 Å². The Hall–Kier alpha value is -4.23. The molecule has 6 atom stereocenters. The molecule has 0 bridgehead atoms. The summed E-state index contributed by atoms with van der Waals surface area (Å²) in [5, 5.41) is 17.9. The van der Waals surface area contributed by atoms with Crippen LogP contribution in [0.5, 0.6) is 0 Å². The Balaban J connectivity index is 1.55. The van der Waals surface area contributed by atoms with Gasteiger partial charge in [-0.05, 0) is 65.5 Å². The summed E-state index contributed by atoms with van der Waals surface area (Å²) in [7, 11) is 0. The number of allylic oxidation sites excluding steroid dienone is 1. The normalized spacial score (nSPS) is 28.6. The fourth-order valence-corrected chi connectivity index (χ4v) is 5.68. The molecule has 45 heavy (non-hydrogen) atoms. The summed E-state index contributed by atoms with van der Waals surface area (Å²) < 4.78 is 24.2. The highest BCUT2D eigenvalue weighted by Gasteiger charge is 2.61. The van der Waals surface area contributed by atoms with Gasteiger partial charge in [0.1, 0.15) is 35.1 Å². The summed E-state index contributed by atoms with van der Waals surface area (Å²) in [5.74, 6) is -3.35. The van der Waals surface area contributed by atoms with E-state index < -0.39 is 77.1 Å². The zero-order valence-electron chi connectivity index (χ0n) is 26.0. The summed E-state index contributed by atoms with van der Waals surface area (Å²) in [6, 6.07) is -0.195. The van der Waals surface area contributed by atoms with Crippen molar-refractivity contribution in [2.75, 3.05) is 6.54 Å². The SMILES string of the molecule is C[C@H](NC(=O)O[C@@H]1CC2C(=O)N[C@]3(C(=O)O)C[C@H]3/C=C\CCCCC[C@H](NC(=O)OC(C)(C)C)C(=O)N2C1)c1ccc(F)cn1. The third-order valence-corrected chi connectivity index (χ3v) is 8.11. The summed E-state index contributed by atoms with van der Waals surface area (Å²) in [6.07, 6.45) is 5.47. The molecule has 1 aromatic rings. The third kappa shape index (κ3) is 8.70. The van der Waals surface area contributed by atoms with E-state index in [2.05, 4.69) is 20.9 Å². The smallest absolute Gasteiger partial charge is 0.408 e. The van der Waals surface area contributed by atoms with Crippen molar-refractivity contribution in [3.8, 4) is 0 Å². The molecule has 1 aromatic heterocycles. The molecule has 0 spiro atoms. The van der Waals surface area contributed by atoms with Crippen LogP contribution in [0.25, 0.3) is 0 Å². The van der Waals surface area contributed by atoms with Crippen LogP contribution in [0.3, 0.4) is 0 Å². The maximum atomic E-state index is 14.0. The first-order chi connectivity index (χ1) is 21.2. The number of rotatable bonds is 5. The number of amides is 4. The minimum atomic E-state index is -1.50. The Bertz CT molecular complexity index is 1320. The van der Waals surface area contributed by atoms with Crippen LogP contribution in [-0.2, 0) is 23.9 Å². The Morgan fingerprint density at radius 1 is 1.18 bits per heavy atom. The van der Waals surface area contributed by atoms with Crippen molar-refractivity contribution < 1.29 is 42.9 Å². The molecule has 4 rings (SSSR count). The van der Waals surface area contributed by atoms with Gasteiger partial charge in [0.2, 0.25) is 11.8 Å². The number of alkyl carbamates (subject to hydrolysis) is 2. The second-order valence-electron chi connectivity index (χ2n) is 12.9.